The fourth-order valence-electron chi connectivity index (χ4n) is 2.75. The van der Waals surface area contributed by atoms with Crippen molar-refractivity contribution in [3.05, 3.63) is 0 Å². The molecule has 0 aliphatic rings. The van der Waals surface area contributed by atoms with Crippen LogP contribution in [0, 0.1) is 0 Å². The molecule has 0 aromatic rings. The molecule has 0 aromatic heterocycles. The van der Waals surface area contributed by atoms with Gasteiger partial charge in [-0.05, 0) is 12.8 Å². The molecule has 0 bridgehead atoms. The molecule has 22 heavy (non-hydrogen) atoms. The largest absolute Gasteiger partial charge is 0.355 e. The van der Waals surface area contributed by atoms with Crippen molar-refractivity contribution in [3.8, 4) is 0 Å². The third kappa shape index (κ3) is 14.4. The standard InChI is InChI=1S/C19H40N2O/c1-3-5-6-7-8-9-10-11-12-13-14-15-17-21-19(22)18(20)16-4-2/h18H,3-17,20H2,1-2H3,(H,21,22). The summed E-state index contributed by atoms with van der Waals surface area (Å²) in [6, 6.07) is -0.317. The molecule has 0 saturated carbocycles. The Hall–Kier alpha value is -0.570. The Bertz CT molecular complexity index is 244. The second-order valence-corrected chi connectivity index (χ2v) is 6.58. The molecule has 3 nitrogen and oxygen atoms in total. The molecule has 3 N–H and O–H groups in total. The molecule has 0 aliphatic heterocycles. The summed E-state index contributed by atoms with van der Waals surface area (Å²) >= 11 is 0. The third-order valence-corrected chi connectivity index (χ3v) is 4.27. The van der Waals surface area contributed by atoms with Crippen molar-refractivity contribution in [1.29, 1.82) is 0 Å². The van der Waals surface area contributed by atoms with E-state index in [1.807, 2.05) is 0 Å². The summed E-state index contributed by atoms with van der Waals surface area (Å²) in [4.78, 5) is 11.6. The molecule has 1 unspecified atom stereocenters. The van der Waals surface area contributed by atoms with Crippen LogP contribution in [0.5, 0.6) is 0 Å². The van der Waals surface area contributed by atoms with Crippen molar-refractivity contribution >= 4 is 5.91 Å². The first-order valence-corrected chi connectivity index (χ1v) is 9.75. The molecule has 0 saturated heterocycles. The topological polar surface area (TPSA) is 55.1 Å². The Morgan fingerprint density at radius 3 is 1.68 bits per heavy atom. The molecular weight excluding hydrogens is 272 g/mol. The maximum absolute atomic E-state index is 11.6. The number of carbonyl (C=O) groups excluding carboxylic acids is 1. The lowest BCUT2D eigenvalue weighted by molar-refractivity contribution is -0.122. The second kappa shape index (κ2) is 16.8. The summed E-state index contributed by atoms with van der Waals surface area (Å²) < 4.78 is 0. The first-order valence-electron chi connectivity index (χ1n) is 9.75. The maximum Gasteiger partial charge on any atom is 0.236 e. The summed E-state index contributed by atoms with van der Waals surface area (Å²) in [6.45, 7) is 5.11. The van der Waals surface area contributed by atoms with Crippen LogP contribution in [-0.4, -0.2) is 18.5 Å². The first kappa shape index (κ1) is 21.4. The normalized spacial score (nSPS) is 12.3. The van der Waals surface area contributed by atoms with E-state index in [-0.39, 0.29) is 11.9 Å². The van der Waals surface area contributed by atoms with Crippen molar-refractivity contribution in [1.82, 2.24) is 5.32 Å². The lowest BCUT2D eigenvalue weighted by Gasteiger charge is -2.10. The highest BCUT2D eigenvalue weighted by Gasteiger charge is 2.10. The van der Waals surface area contributed by atoms with Gasteiger partial charge in [-0.1, -0.05) is 90.9 Å². The fourth-order valence-corrected chi connectivity index (χ4v) is 2.75. The van der Waals surface area contributed by atoms with E-state index >= 15 is 0 Å². The Balaban J connectivity index is 3.16. The fraction of sp³-hybridized carbons (Fsp3) is 0.947. The molecule has 0 heterocycles. The lowest BCUT2D eigenvalue weighted by Crippen LogP contribution is -2.40. The zero-order chi connectivity index (χ0) is 16.5. The Morgan fingerprint density at radius 2 is 1.23 bits per heavy atom. The van der Waals surface area contributed by atoms with E-state index < -0.39 is 0 Å². The zero-order valence-corrected chi connectivity index (χ0v) is 15.2. The van der Waals surface area contributed by atoms with Crippen molar-refractivity contribution in [2.24, 2.45) is 5.73 Å². The molecule has 0 rings (SSSR count). The third-order valence-electron chi connectivity index (χ3n) is 4.27. The van der Waals surface area contributed by atoms with Gasteiger partial charge < -0.3 is 11.1 Å². The molecule has 1 atom stereocenters. The van der Waals surface area contributed by atoms with E-state index in [4.69, 9.17) is 5.73 Å². The molecule has 132 valence electrons. The Kier molecular flexibility index (Phi) is 16.4. The van der Waals surface area contributed by atoms with Crippen LogP contribution in [0.3, 0.4) is 0 Å². The van der Waals surface area contributed by atoms with E-state index in [9.17, 15) is 4.79 Å². The molecule has 1 amide bonds. The van der Waals surface area contributed by atoms with Crippen LogP contribution in [-0.2, 0) is 4.79 Å². The van der Waals surface area contributed by atoms with Crippen LogP contribution in [0.2, 0.25) is 0 Å². The highest BCUT2D eigenvalue weighted by Crippen LogP contribution is 2.11. The van der Waals surface area contributed by atoms with E-state index in [1.54, 1.807) is 0 Å². The highest BCUT2D eigenvalue weighted by molar-refractivity contribution is 5.81. The number of nitrogens with one attached hydrogen (secondary N) is 1. The van der Waals surface area contributed by atoms with Crippen molar-refractivity contribution in [2.75, 3.05) is 6.54 Å². The number of carbonyl (C=O) groups is 1. The SMILES string of the molecule is CCCCCCCCCCCCCCNC(=O)C(N)CCC. The zero-order valence-electron chi connectivity index (χ0n) is 15.2. The summed E-state index contributed by atoms with van der Waals surface area (Å²) in [6.07, 6.45) is 17.9. The molecule has 0 radical (unpaired) electrons. The molecule has 3 heteroatoms. The number of hydrogen-bond acceptors (Lipinski definition) is 2. The molecule has 0 aromatic carbocycles. The van der Waals surface area contributed by atoms with Gasteiger partial charge >= 0.3 is 0 Å². The molecule has 0 spiro atoms. The molecular formula is C19H40N2O. The number of hydrogen-bond donors (Lipinski definition) is 2. The van der Waals surface area contributed by atoms with E-state index in [0.717, 1.165) is 25.8 Å². The van der Waals surface area contributed by atoms with Gasteiger partial charge in [0.2, 0.25) is 5.91 Å². The first-order chi connectivity index (χ1) is 10.7. The number of amides is 1. The maximum atomic E-state index is 11.6. The summed E-state index contributed by atoms with van der Waals surface area (Å²) in [5, 5.41) is 2.94. The van der Waals surface area contributed by atoms with Gasteiger partial charge in [-0.25, -0.2) is 0 Å². The molecule has 0 aliphatic carbocycles. The van der Waals surface area contributed by atoms with E-state index in [0.29, 0.717) is 0 Å². The van der Waals surface area contributed by atoms with Gasteiger partial charge in [0.25, 0.3) is 0 Å². The quantitative estimate of drug-likeness (QED) is 0.397. The van der Waals surface area contributed by atoms with Crippen LogP contribution < -0.4 is 11.1 Å². The van der Waals surface area contributed by atoms with E-state index in [2.05, 4.69) is 19.2 Å². The average molecular weight is 313 g/mol. The van der Waals surface area contributed by atoms with Crippen molar-refractivity contribution < 1.29 is 4.79 Å². The number of rotatable bonds is 16. The predicted molar refractivity (Wildman–Crippen MR) is 97.0 cm³/mol. The number of nitrogens with two attached hydrogens (primary N) is 1. The van der Waals surface area contributed by atoms with Gasteiger partial charge in [0, 0.05) is 6.54 Å². The average Bonchev–Trinajstić information content (AvgIpc) is 2.51. The van der Waals surface area contributed by atoms with Crippen LogP contribution in [0.25, 0.3) is 0 Å². The summed E-state index contributed by atoms with van der Waals surface area (Å²) in [5.74, 6) is 0.0184. The van der Waals surface area contributed by atoms with Gasteiger partial charge in [-0.3, -0.25) is 4.79 Å². The predicted octanol–water partition coefficient (Wildman–Crippen LogP) is 4.93. The minimum atomic E-state index is -0.317. The minimum absolute atomic E-state index is 0.0184. The smallest absolute Gasteiger partial charge is 0.236 e. The van der Waals surface area contributed by atoms with Gasteiger partial charge in [-0.2, -0.15) is 0 Å². The van der Waals surface area contributed by atoms with Gasteiger partial charge in [-0.15, -0.1) is 0 Å². The number of unbranched alkanes of at least 4 members (excludes halogenated alkanes) is 11. The monoisotopic (exact) mass is 312 g/mol. The highest BCUT2D eigenvalue weighted by atomic mass is 16.2. The van der Waals surface area contributed by atoms with Crippen LogP contribution >= 0.6 is 0 Å². The second-order valence-electron chi connectivity index (χ2n) is 6.58. The van der Waals surface area contributed by atoms with Gasteiger partial charge in [0.05, 0.1) is 6.04 Å². The van der Waals surface area contributed by atoms with Gasteiger partial charge in [0.1, 0.15) is 0 Å². The minimum Gasteiger partial charge on any atom is -0.355 e. The summed E-state index contributed by atoms with van der Waals surface area (Å²) in [7, 11) is 0. The van der Waals surface area contributed by atoms with E-state index in [1.165, 1.54) is 70.6 Å². The van der Waals surface area contributed by atoms with Crippen molar-refractivity contribution in [2.45, 2.75) is 110 Å². The van der Waals surface area contributed by atoms with Crippen LogP contribution in [0.15, 0.2) is 0 Å². The lowest BCUT2D eigenvalue weighted by atomic mass is 10.1. The summed E-state index contributed by atoms with van der Waals surface area (Å²) in [5.41, 5.74) is 5.76. The van der Waals surface area contributed by atoms with Crippen LogP contribution in [0.1, 0.15) is 104 Å². The van der Waals surface area contributed by atoms with Crippen molar-refractivity contribution in [3.63, 3.8) is 0 Å². The molecule has 0 fully saturated rings. The Labute approximate surface area is 138 Å². The van der Waals surface area contributed by atoms with Gasteiger partial charge in [0.15, 0.2) is 0 Å². The van der Waals surface area contributed by atoms with Crippen LogP contribution in [0.4, 0.5) is 0 Å². The Morgan fingerprint density at radius 1 is 0.773 bits per heavy atom.